The van der Waals surface area contributed by atoms with Crippen molar-refractivity contribution in [3.05, 3.63) is 47.4 Å². The SMILES string of the molecule is Cc1noc(CCCCC(=O)c2ccc(F)cc2)n1. The minimum absolute atomic E-state index is 0.0294. The molecule has 1 aromatic carbocycles. The van der Waals surface area contributed by atoms with E-state index in [2.05, 4.69) is 10.1 Å². The lowest BCUT2D eigenvalue weighted by Crippen LogP contribution is -1.99. The van der Waals surface area contributed by atoms with Crippen molar-refractivity contribution in [1.29, 1.82) is 0 Å². The lowest BCUT2D eigenvalue weighted by Gasteiger charge is -2.00. The van der Waals surface area contributed by atoms with Crippen molar-refractivity contribution >= 4 is 5.78 Å². The van der Waals surface area contributed by atoms with Crippen LogP contribution >= 0.6 is 0 Å². The summed E-state index contributed by atoms with van der Waals surface area (Å²) in [5.74, 6) is 0.925. The van der Waals surface area contributed by atoms with Crippen LogP contribution in [0.3, 0.4) is 0 Å². The van der Waals surface area contributed by atoms with E-state index >= 15 is 0 Å². The summed E-state index contributed by atoms with van der Waals surface area (Å²) in [5, 5.41) is 3.70. The molecule has 1 heterocycles. The highest BCUT2D eigenvalue weighted by Crippen LogP contribution is 2.10. The zero-order chi connectivity index (χ0) is 13.7. The number of hydrogen-bond acceptors (Lipinski definition) is 4. The molecule has 1 aromatic heterocycles. The molecule has 0 bridgehead atoms. The standard InChI is InChI=1S/C14H15FN2O2/c1-10-16-14(19-17-10)5-3-2-4-13(18)11-6-8-12(15)9-7-11/h6-9H,2-5H2,1H3. The average Bonchev–Trinajstić information content (AvgIpc) is 2.81. The van der Waals surface area contributed by atoms with Crippen LogP contribution in [0.4, 0.5) is 4.39 Å². The molecule has 0 radical (unpaired) electrons. The van der Waals surface area contributed by atoms with Crippen molar-refractivity contribution in [2.24, 2.45) is 0 Å². The zero-order valence-corrected chi connectivity index (χ0v) is 10.7. The second-order valence-electron chi connectivity index (χ2n) is 4.37. The molecule has 0 aliphatic rings. The molecule has 4 nitrogen and oxygen atoms in total. The second-order valence-corrected chi connectivity index (χ2v) is 4.37. The van der Waals surface area contributed by atoms with Crippen LogP contribution in [0.5, 0.6) is 0 Å². The van der Waals surface area contributed by atoms with E-state index in [9.17, 15) is 9.18 Å². The van der Waals surface area contributed by atoms with Crippen LogP contribution < -0.4 is 0 Å². The third-order valence-electron chi connectivity index (χ3n) is 2.78. The van der Waals surface area contributed by atoms with E-state index in [4.69, 9.17) is 4.52 Å². The Hall–Kier alpha value is -2.04. The number of hydrogen-bond donors (Lipinski definition) is 0. The molecular weight excluding hydrogens is 247 g/mol. The van der Waals surface area contributed by atoms with Crippen LogP contribution in [0.2, 0.25) is 0 Å². The molecule has 0 saturated heterocycles. The Morgan fingerprint density at radius 2 is 2.00 bits per heavy atom. The van der Waals surface area contributed by atoms with E-state index in [0.29, 0.717) is 30.1 Å². The van der Waals surface area contributed by atoms with Gasteiger partial charge in [-0.15, -0.1) is 0 Å². The van der Waals surface area contributed by atoms with E-state index in [-0.39, 0.29) is 11.6 Å². The maximum absolute atomic E-state index is 12.7. The average molecular weight is 262 g/mol. The van der Waals surface area contributed by atoms with Gasteiger partial charge in [0.15, 0.2) is 11.6 Å². The van der Waals surface area contributed by atoms with Crippen LogP contribution in [0.25, 0.3) is 0 Å². The van der Waals surface area contributed by atoms with Crippen molar-refractivity contribution in [1.82, 2.24) is 10.1 Å². The predicted octanol–water partition coefficient (Wildman–Crippen LogP) is 3.11. The lowest BCUT2D eigenvalue weighted by atomic mass is 10.0. The molecule has 19 heavy (non-hydrogen) atoms. The highest BCUT2D eigenvalue weighted by atomic mass is 19.1. The molecule has 0 spiro atoms. The molecule has 0 aliphatic carbocycles. The van der Waals surface area contributed by atoms with Gasteiger partial charge in [0.2, 0.25) is 5.89 Å². The second kappa shape index (κ2) is 6.22. The van der Waals surface area contributed by atoms with Crippen molar-refractivity contribution < 1.29 is 13.7 Å². The minimum atomic E-state index is -0.330. The minimum Gasteiger partial charge on any atom is -0.339 e. The number of unbranched alkanes of at least 4 members (excludes halogenated alkanes) is 1. The topological polar surface area (TPSA) is 56.0 Å². The monoisotopic (exact) mass is 262 g/mol. The van der Waals surface area contributed by atoms with Crippen LogP contribution in [0.15, 0.2) is 28.8 Å². The quantitative estimate of drug-likeness (QED) is 0.593. The van der Waals surface area contributed by atoms with Crippen LogP contribution in [-0.2, 0) is 6.42 Å². The molecule has 0 atom stereocenters. The van der Waals surface area contributed by atoms with Gasteiger partial charge in [-0.2, -0.15) is 4.98 Å². The molecule has 0 N–H and O–H groups in total. The number of benzene rings is 1. The Morgan fingerprint density at radius 3 is 2.63 bits per heavy atom. The van der Waals surface area contributed by atoms with Crippen LogP contribution in [0.1, 0.15) is 41.3 Å². The highest BCUT2D eigenvalue weighted by molar-refractivity contribution is 5.95. The van der Waals surface area contributed by atoms with E-state index in [1.54, 1.807) is 6.92 Å². The maximum atomic E-state index is 12.7. The number of rotatable bonds is 6. The summed E-state index contributed by atoms with van der Waals surface area (Å²) in [7, 11) is 0. The molecule has 2 rings (SSSR count). The van der Waals surface area contributed by atoms with Crippen molar-refractivity contribution in [2.45, 2.75) is 32.6 Å². The molecule has 0 amide bonds. The molecule has 0 unspecified atom stereocenters. The molecule has 0 saturated carbocycles. The number of halogens is 1. The van der Waals surface area contributed by atoms with Gasteiger partial charge in [-0.05, 0) is 44.0 Å². The number of ketones is 1. The Morgan fingerprint density at radius 1 is 1.26 bits per heavy atom. The summed E-state index contributed by atoms with van der Waals surface area (Å²) < 4.78 is 17.7. The van der Waals surface area contributed by atoms with E-state index in [1.165, 1.54) is 24.3 Å². The normalized spacial score (nSPS) is 10.6. The zero-order valence-electron chi connectivity index (χ0n) is 10.7. The van der Waals surface area contributed by atoms with Gasteiger partial charge in [-0.1, -0.05) is 5.16 Å². The number of aromatic nitrogens is 2. The molecule has 0 fully saturated rings. The van der Waals surface area contributed by atoms with E-state index < -0.39 is 0 Å². The number of carbonyl (C=O) groups is 1. The van der Waals surface area contributed by atoms with Gasteiger partial charge in [-0.3, -0.25) is 4.79 Å². The Bertz CT molecular complexity index is 549. The number of Topliss-reactive ketones (excluding diaryl/α,β-unsaturated/α-hetero) is 1. The molecular formula is C14H15FN2O2. The largest absolute Gasteiger partial charge is 0.339 e. The number of aryl methyl sites for hydroxylation is 2. The first-order chi connectivity index (χ1) is 9.15. The number of carbonyl (C=O) groups excluding carboxylic acids is 1. The van der Waals surface area contributed by atoms with Gasteiger partial charge in [0, 0.05) is 18.4 Å². The Balaban J connectivity index is 1.73. The van der Waals surface area contributed by atoms with Gasteiger partial charge < -0.3 is 4.52 Å². The summed E-state index contributed by atoms with van der Waals surface area (Å²) >= 11 is 0. The molecule has 100 valence electrons. The van der Waals surface area contributed by atoms with E-state index in [0.717, 1.165) is 12.8 Å². The van der Waals surface area contributed by atoms with Crippen molar-refractivity contribution in [2.75, 3.05) is 0 Å². The summed E-state index contributed by atoms with van der Waals surface area (Å²) in [4.78, 5) is 15.9. The first kappa shape index (κ1) is 13.4. The third kappa shape index (κ3) is 3.98. The lowest BCUT2D eigenvalue weighted by molar-refractivity contribution is 0.0979. The van der Waals surface area contributed by atoms with E-state index in [1.807, 2.05) is 0 Å². The smallest absolute Gasteiger partial charge is 0.226 e. The van der Waals surface area contributed by atoms with Gasteiger partial charge in [0.05, 0.1) is 0 Å². The first-order valence-corrected chi connectivity index (χ1v) is 6.23. The van der Waals surface area contributed by atoms with Crippen molar-refractivity contribution in [3.8, 4) is 0 Å². The van der Waals surface area contributed by atoms with Gasteiger partial charge in [0.1, 0.15) is 5.82 Å². The fourth-order valence-electron chi connectivity index (χ4n) is 1.78. The Labute approximate surface area is 110 Å². The van der Waals surface area contributed by atoms with Gasteiger partial charge >= 0.3 is 0 Å². The Kier molecular flexibility index (Phi) is 4.39. The predicted molar refractivity (Wildman–Crippen MR) is 67.3 cm³/mol. The molecule has 5 heteroatoms. The number of nitrogens with zero attached hydrogens (tertiary/aromatic N) is 2. The summed E-state index contributed by atoms with van der Waals surface area (Å²) in [6.07, 6.45) is 2.68. The third-order valence-corrected chi connectivity index (χ3v) is 2.78. The molecule has 2 aromatic rings. The first-order valence-electron chi connectivity index (χ1n) is 6.23. The van der Waals surface area contributed by atoms with Crippen LogP contribution in [0, 0.1) is 12.7 Å². The molecule has 0 aliphatic heterocycles. The maximum Gasteiger partial charge on any atom is 0.226 e. The summed E-state index contributed by atoms with van der Waals surface area (Å²) in [6, 6.07) is 5.63. The highest BCUT2D eigenvalue weighted by Gasteiger charge is 2.07. The van der Waals surface area contributed by atoms with Gasteiger partial charge in [0.25, 0.3) is 0 Å². The fraction of sp³-hybridized carbons (Fsp3) is 0.357. The van der Waals surface area contributed by atoms with Crippen LogP contribution in [-0.4, -0.2) is 15.9 Å². The van der Waals surface area contributed by atoms with Gasteiger partial charge in [-0.25, -0.2) is 4.39 Å². The fourth-order valence-corrected chi connectivity index (χ4v) is 1.78. The summed E-state index contributed by atoms with van der Waals surface area (Å²) in [6.45, 7) is 1.77. The van der Waals surface area contributed by atoms with Crippen molar-refractivity contribution in [3.63, 3.8) is 0 Å². The summed E-state index contributed by atoms with van der Waals surface area (Å²) in [5.41, 5.74) is 0.551.